The molecular weight excluding hydrogens is 420 g/mol. The summed E-state index contributed by atoms with van der Waals surface area (Å²) in [5, 5.41) is 12.8. The van der Waals surface area contributed by atoms with Crippen LogP contribution in [0.3, 0.4) is 0 Å². The number of ether oxygens (including phenoxy) is 1. The summed E-state index contributed by atoms with van der Waals surface area (Å²) >= 11 is 1.46. The third kappa shape index (κ3) is 6.99. The molecule has 1 saturated carbocycles. The van der Waals surface area contributed by atoms with E-state index in [2.05, 4.69) is 59.9 Å². The number of nitrogens with zero attached hydrogens (tertiary/aromatic N) is 3. The van der Waals surface area contributed by atoms with Crippen LogP contribution in [0, 0.1) is 5.92 Å². The minimum Gasteiger partial charge on any atom is -0.483 e. The Balaban J connectivity index is 1.64. The second kappa shape index (κ2) is 11.7. The van der Waals surface area contributed by atoms with Crippen molar-refractivity contribution in [2.75, 3.05) is 5.75 Å². The van der Waals surface area contributed by atoms with Crippen LogP contribution in [0.2, 0.25) is 0 Å². The van der Waals surface area contributed by atoms with E-state index in [-0.39, 0.29) is 12.0 Å². The summed E-state index contributed by atoms with van der Waals surface area (Å²) in [6.07, 6.45) is 5.65. The van der Waals surface area contributed by atoms with Crippen LogP contribution in [-0.4, -0.2) is 32.5 Å². The Labute approximate surface area is 196 Å². The van der Waals surface area contributed by atoms with E-state index in [4.69, 9.17) is 4.74 Å². The molecule has 3 rings (SSSR count). The molecule has 1 amide bonds. The van der Waals surface area contributed by atoms with E-state index < -0.39 is 0 Å². The fraction of sp³-hybridized carbons (Fsp3) is 0.640. The number of benzene rings is 1. The molecule has 0 bridgehead atoms. The van der Waals surface area contributed by atoms with E-state index in [1.165, 1.54) is 36.6 Å². The molecule has 1 aromatic carbocycles. The Morgan fingerprint density at radius 3 is 2.41 bits per heavy atom. The van der Waals surface area contributed by atoms with Crippen molar-refractivity contribution in [1.29, 1.82) is 0 Å². The molecule has 32 heavy (non-hydrogen) atoms. The number of nitrogens with one attached hydrogen (secondary N) is 1. The summed E-state index contributed by atoms with van der Waals surface area (Å²) in [7, 11) is 0. The monoisotopic (exact) mass is 458 g/mol. The first-order valence-corrected chi connectivity index (χ1v) is 12.9. The maximum atomic E-state index is 12.5. The predicted octanol–water partition coefficient (Wildman–Crippen LogP) is 5.74. The highest BCUT2D eigenvalue weighted by Crippen LogP contribution is 2.27. The zero-order chi connectivity index (χ0) is 23.1. The van der Waals surface area contributed by atoms with Gasteiger partial charge in [-0.25, -0.2) is 0 Å². The van der Waals surface area contributed by atoms with Crippen LogP contribution in [0.25, 0.3) is 0 Å². The van der Waals surface area contributed by atoms with E-state index >= 15 is 0 Å². The van der Waals surface area contributed by atoms with Crippen molar-refractivity contribution in [1.82, 2.24) is 20.1 Å². The van der Waals surface area contributed by atoms with Crippen molar-refractivity contribution in [3.05, 3.63) is 35.7 Å². The van der Waals surface area contributed by atoms with Gasteiger partial charge in [-0.3, -0.25) is 4.79 Å². The number of hydrogen-bond acceptors (Lipinski definition) is 5. The van der Waals surface area contributed by atoms with Gasteiger partial charge in [0.15, 0.2) is 17.1 Å². The lowest BCUT2D eigenvalue weighted by molar-refractivity contribution is -0.119. The van der Waals surface area contributed by atoms with Gasteiger partial charge in [0.25, 0.3) is 0 Å². The van der Waals surface area contributed by atoms with Crippen molar-refractivity contribution in [3.8, 4) is 5.75 Å². The van der Waals surface area contributed by atoms with Gasteiger partial charge >= 0.3 is 0 Å². The average Bonchev–Trinajstić information content (AvgIpc) is 3.15. The van der Waals surface area contributed by atoms with Crippen LogP contribution in [0.5, 0.6) is 5.75 Å². The van der Waals surface area contributed by atoms with Gasteiger partial charge in [-0.2, -0.15) is 0 Å². The molecular formula is C25H38N4O2S. The summed E-state index contributed by atoms with van der Waals surface area (Å²) in [5.74, 6) is 2.97. The molecule has 1 aliphatic carbocycles. The SMILES string of the molecule is CC(C)Cn1c(SCC(=O)NC2CCCCC2)nnc1C(C)Oc1ccc(C(C)C)cc1. The lowest BCUT2D eigenvalue weighted by Crippen LogP contribution is -2.37. The number of rotatable bonds is 10. The summed E-state index contributed by atoms with van der Waals surface area (Å²) in [4.78, 5) is 12.5. The first kappa shape index (κ1) is 24.6. The topological polar surface area (TPSA) is 69.0 Å². The number of thioether (sulfide) groups is 1. The molecule has 7 heteroatoms. The highest BCUT2D eigenvalue weighted by atomic mass is 32.2. The molecule has 1 heterocycles. The van der Waals surface area contributed by atoms with Gasteiger partial charge in [0.1, 0.15) is 5.75 Å². The summed E-state index contributed by atoms with van der Waals surface area (Å²) in [5.41, 5.74) is 1.29. The third-order valence-corrected chi connectivity index (χ3v) is 6.79. The third-order valence-electron chi connectivity index (χ3n) is 5.82. The molecule has 0 aliphatic heterocycles. The number of aromatic nitrogens is 3. The fourth-order valence-corrected chi connectivity index (χ4v) is 4.84. The zero-order valence-electron chi connectivity index (χ0n) is 20.1. The van der Waals surface area contributed by atoms with Gasteiger partial charge in [-0.1, -0.05) is 70.9 Å². The molecule has 2 aromatic rings. The van der Waals surface area contributed by atoms with E-state index in [1.807, 2.05) is 19.1 Å². The van der Waals surface area contributed by atoms with Gasteiger partial charge in [0, 0.05) is 12.6 Å². The molecule has 1 N–H and O–H groups in total. The minimum atomic E-state index is -0.239. The molecule has 176 valence electrons. The standard InChI is InChI=1S/C25H38N4O2S/c1-17(2)15-29-24(19(5)31-22-13-11-20(12-14-22)18(3)4)27-28-25(29)32-16-23(30)26-21-9-7-6-8-10-21/h11-14,17-19,21H,6-10,15-16H2,1-5H3,(H,26,30). The molecule has 1 atom stereocenters. The maximum absolute atomic E-state index is 12.5. The summed E-state index contributed by atoms with van der Waals surface area (Å²) < 4.78 is 8.29. The van der Waals surface area contributed by atoms with Crippen LogP contribution in [0.4, 0.5) is 0 Å². The van der Waals surface area contributed by atoms with E-state index in [1.54, 1.807) is 0 Å². The van der Waals surface area contributed by atoms with Crippen LogP contribution < -0.4 is 10.1 Å². The molecule has 0 radical (unpaired) electrons. The van der Waals surface area contributed by atoms with E-state index in [0.29, 0.717) is 23.6 Å². The van der Waals surface area contributed by atoms with Gasteiger partial charge in [-0.05, 0) is 49.3 Å². The number of amides is 1. The first-order valence-electron chi connectivity index (χ1n) is 11.9. The number of carbonyl (C=O) groups is 1. The van der Waals surface area contributed by atoms with E-state index in [0.717, 1.165) is 36.1 Å². The van der Waals surface area contributed by atoms with Gasteiger partial charge in [-0.15, -0.1) is 10.2 Å². The van der Waals surface area contributed by atoms with Crippen LogP contribution in [-0.2, 0) is 11.3 Å². The summed E-state index contributed by atoms with van der Waals surface area (Å²) in [6.45, 7) is 11.5. The van der Waals surface area contributed by atoms with Gasteiger partial charge in [0.2, 0.25) is 5.91 Å². The Morgan fingerprint density at radius 2 is 1.78 bits per heavy atom. The zero-order valence-corrected chi connectivity index (χ0v) is 21.0. The normalized spacial score (nSPS) is 15.8. The fourth-order valence-electron chi connectivity index (χ4n) is 4.08. The highest BCUT2D eigenvalue weighted by Gasteiger charge is 2.22. The number of carbonyl (C=O) groups excluding carboxylic acids is 1. The van der Waals surface area contributed by atoms with Gasteiger partial charge < -0.3 is 14.6 Å². The van der Waals surface area contributed by atoms with Crippen LogP contribution >= 0.6 is 11.8 Å². The largest absolute Gasteiger partial charge is 0.483 e. The molecule has 1 fully saturated rings. The van der Waals surface area contributed by atoms with Crippen molar-refractivity contribution in [2.24, 2.45) is 5.92 Å². The molecule has 0 spiro atoms. The highest BCUT2D eigenvalue weighted by molar-refractivity contribution is 7.99. The Morgan fingerprint density at radius 1 is 1.09 bits per heavy atom. The van der Waals surface area contributed by atoms with Crippen LogP contribution in [0.1, 0.15) is 90.1 Å². The molecule has 1 unspecified atom stereocenters. The van der Waals surface area contributed by atoms with Crippen molar-refractivity contribution in [3.63, 3.8) is 0 Å². The van der Waals surface area contributed by atoms with Gasteiger partial charge in [0.05, 0.1) is 5.75 Å². The predicted molar refractivity (Wildman–Crippen MR) is 130 cm³/mol. The Kier molecular flexibility index (Phi) is 9.02. The van der Waals surface area contributed by atoms with E-state index in [9.17, 15) is 4.79 Å². The second-order valence-electron chi connectivity index (χ2n) is 9.52. The summed E-state index contributed by atoms with van der Waals surface area (Å²) in [6, 6.07) is 8.58. The Bertz CT molecular complexity index is 857. The van der Waals surface area contributed by atoms with Crippen molar-refractivity contribution < 1.29 is 9.53 Å². The quantitative estimate of drug-likeness (QED) is 0.460. The number of hydrogen-bond donors (Lipinski definition) is 1. The van der Waals surface area contributed by atoms with Crippen molar-refractivity contribution in [2.45, 2.75) is 96.5 Å². The molecule has 1 aliphatic rings. The minimum absolute atomic E-state index is 0.0806. The average molecular weight is 459 g/mol. The maximum Gasteiger partial charge on any atom is 0.230 e. The Hall–Kier alpha value is -2.02. The van der Waals surface area contributed by atoms with Crippen molar-refractivity contribution >= 4 is 17.7 Å². The molecule has 6 nitrogen and oxygen atoms in total. The second-order valence-corrected chi connectivity index (χ2v) is 10.5. The molecule has 0 saturated heterocycles. The lowest BCUT2D eigenvalue weighted by Gasteiger charge is -2.22. The lowest BCUT2D eigenvalue weighted by atomic mass is 9.95. The van der Waals surface area contributed by atoms with Crippen LogP contribution in [0.15, 0.2) is 29.4 Å². The first-order chi connectivity index (χ1) is 15.3. The molecule has 1 aromatic heterocycles. The smallest absolute Gasteiger partial charge is 0.230 e.